The molecule has 1 aliphatic rings. The molecule has 2 aromatic heterocycles. The molecule has 1 aliphatic heterocycles. The van der Waals surface area contributed by atoms with Gasteiger partial charge in [-0.1, -0.05) is 0 Å². The third-order valence-electron chi connectivity index (χ3n) is 3.59. The minimum Gasteiger partial charge on any atom is -0.467 e. The van der Waals surface area contributed by atoms with E-state index >= 15 is 0 Å². The number of amides is 1. The standard InChI is InChI=1S/C15H18N6O2/c1-12-9-13(19-11-18-12)23-10-14(22)20-5-7-21(8-6-20)15-16-3-2-4-17-15/h2-4,9,11H,5-8,10H2,1H3. The number of hydrogen-bond donors (Lipinski definition) is 0. The highest BCUT2D eigenvalue weighted by molar-refractivity contribution is 5.78. The van der Waals surface area contributed by atoms with E-state index in [2.05, 4.69) is 24.8 Å². The molecule has 0 spiro atoms. The summed E-state index contributed by atoms with van der Waals surface area (Å²) in [4.78, 5) is 32.5. The number of aromatic nitrogens is 4. The van der Waals surface area contributed by atoms with Gasteiger partial charge < -0.3 is 14.5 Å². The summed E-state index contributed by atoms with van der Waals surface area (Å²) in [6.07, 6.45) is 4.86. The maximum absolute atomic E-state index is 12.2. The number of piperazine rings is 1. The van der Waals surface area contributed by atoms with Crippen molar-refractivity contribution in [3.05, 3.63) is 36.5 Å². The van der Waals surface area contributed by atoms with Gasteiger partial charge in [-0.2, -0.15) is 0 Å². The molecule has 1 amide bonds. The zero-order valence-corrected chi connectivity index (χ0v) is 12.9. The molecule has 1 fully saturated rings. The molecule has 23 heavy (non-hydrogen) atoms. The van der Waals surface area contributed by atoms with Crippen molar-refractivity contribution >= 4 is 11.9 Å². The van der Waals surface area contributed by atoms with Crippen LogP contribution in [-0.2, 0) is 4.79 Å². The molecule has 0 bridgehead atoms. The van der Waals surface area contributed by atoms with Crippen molar-refractivity contribution in [2.75, 3.05) is 37.7 Å². The van der Waals surface area contributed by atoms with Gasteiger partial charge in [0.15, 0.2) is 6.61 Å². The summed E-state index contributed by atoms with van der Waals surface area (Å²) in [7, 11) is 0. The Morgan fingerprint density at radius 2 is 1.87 bits per heavy atom. The Balaban J connectivity index is 1.48. The minimum absolute atomic E-state index is 0.0156. The molecule has 0 unspecified atom stereocenters. The van der Waals surface area contributed by atoms with Crippen LogP contribution in [0, 0.1) is 6.92 Å². The zero-order valence-electron chi connectivity index (χ0n) is 12.9. The second kappa shape index (κ2) is 6.99. The molecular formula is C15H18N6O2. The highest BCUT2D eigenvalue weighted by atomic mass is 16.5. The van der Waals surface area contributed by atoms with Crippen LogP contribution in [0.3, 0.4) is 0 Å². The molecule has 2 aromatic rings. The topological polar surface area (TPSA) is 84.3 Å². The monoisotopic (exact) mass is 314 g/mol. The maximum Gasteiger partial charge on any atom is 0.260 e. The van der Waals surface area contributed by atoms with E-state index < -0.39 is 0 Å². The van der Waals surface area contributed by atoms with Crippen molar-refractivity contribution in [3.8, 4) is 5.88 Å². The van der Waals surface area contributed by atoms with Crippen LogP contribution in [0.1, 0.15) is 5.69 Å². The minimum atomic E-state index is -0.0464. The fourth-order valence-corrected chi connectivity index (χ4v) is 2.35. The first-order valence-electron chi connectivity index (χ1n) is 7.43. The van der Waals surface area contributed by atoms with Crippen LogP contribution >= 0.6 is 0 Å². The smallest absolute Gasteiger partial charge is 0.260 e. The number of carbonyl (C=O) groups is 1. The predicted octanol–water partition coefficient (Wildman–Crippen LogP) is 0.303. The number of nitrogens with zero attached hydrogens (tertiary/aromatic N) is 6. The fraction of sp³-hybridized carbons (Fsp3) is 0.400. The summed E-state index contributed by atoms with van der Waals surface area (Å²) in [6, 6.07) is 3.49. The first-order valence-corrected chi connectivity index (χ1v) is 7.43. The van der Waals surface area contributed by atoms with Crippen LogP contribution < -0.4 is 9.64 Å². The summed E-state index contributed by atoms with van der Waals surface area (Å²) < 4.78 is 5.43. The Morgan fingerprint density at radius 1 is 1.13 bits per heavy atom. The maximum atomic E-state index is 12.2. The van der Waals surface area contributed by atoms with E-state index in [4.69, 9.17) is 4.74 Å². The summed E-state index contributed by atoms with van der Waals surface area (Å²) in [5.41, 5.74) is 0.805. The first kappa shape index (κ1) is 15.1. The van der Waals surface area contributed by atoms with Gasteiger partial charge in [-0.25, -0.2) is 19.9 Å². The van der Waals surface area contributed by atoms with Crippen molar-refractivity contribution in [3.63, 3.8) is 0 Å². The summed E-state index contributed by atoms with van der Waals surface area (Å²) in [6.45, 7) is 4.51. The van der Waals surface area contributed by atoms with E-state index in [0.717, 1.165) is 5.69 Å². The van der Waals surface area contributed by atoms with Gasteiger partial charge in [0.05, 0.1) is 0 Å². The summed E-state index contributed by atoms with van der Waals surface area (Å²) >= 11 is 0. The average Bonchev–Trinajstić information content (AvgIpc) is 2.61. The lowest BCUT2D eigenvalue weighted by atomic mass is 10.3. The van der Waals surface area contributed by atoms with Crippen molar-refractivity contribution in [1.29, 1.82) is 0 Å². The third kappa shape index (κ3) is 3.91. The van der Waals surface area contributed by atoms with Crippen LogP contribution in [-0.4, -0.2) is 63.5 Å². The summed E-state index contributed by atoms with van der Waals surface area (Å²) in [5.74, 6) is 1.07. The van der Waals surface area contributed by atoms with Gasteiger partial charge >= 0.3 is 0 Å². The average molecular weight is 314 g/mol. The number of hydrogen-bond acceptors (Lipinski definition) is 7. The van der Waals surface area contributed by atoms with Crippen LogP contribution in [0.15, 0.2) is 30.9 Å². The molecule has 3 heterocycles. The molecule has 8 heteroatoms. The van der Waals surface area contributed by atoms with Gasteiger partial charge in [0.1, 0.15) is 6.33 Å². The highest BCUT2D eigenvalue weighted by Gasteiger charge is 2.22. The molecule has 0 radical (unpaired) electrons. The first-order chi connectivity index (χ1) is 11.2. The normalized spacial score (nSPS) is 14.7. The van der Waals surface area contributed by atoms with E-state index in [9.17, 15) is 4.79 Å². The van der Waals surface area contributed by atoms with E-state index in [1.165, 1.54) is 6.33 Å². The Bertz CT molecular complexity index is 658. The lowest BCUT2D eigenvalue weighted by molar-refractivity contribution is -0.133. The van der Waals surface area contributed by atoms with Crippen LogP contribution in [0.2, 0.25) is 0 Å². The van der Waals surface area contributed by atoms with Crippen molar-refractivity contribution < 1.29 is 9.53 Å². The Morgan fingerprint density at radius 3 is 2.57 bits per heavy atom. The molecule has 3 rings (SSSR count). The summed E-state index contributed by atoms with van der Waals surface area (Å²) in [5, 5.41) is 0. The van der Waals surface area contributed by atoms with E-state index in [1.54, 1.807) is 29.4 Å². The van der Waals surface area contributed by atoms with E-state index in [0.29, 0.717) is 38.0 Å². The number of carbonyl (C=O) groups excluding carboxylic acids is 1. The number of aryl methyl sites for hydroxylation is 1. The van der Waals surface area contributed by atoms with Gasteiger partial charge in [0.25, 0.3) is 5.91 Å². The third-order valence-corrected chi connectivity index (χ3v) is 3.59. The van der Waals surface area contributed by atoms with Crippen LogP contribution in [0.4, 0.5) is 5.95 Å². The molecular weight excluding hydrogens is 296 g/mol. The fourth-order valence-electron chi connectivity index (χ4n) is 2.35. The predicted molar refractivity (Wildman–Crippen MR) is 83.1 cm³/mol. The van der Waals surface area contributed by atoms with E-state index in [-0.39, 0.29) is 12.5 Å². The molecule has 0 saturated carbocycles. The molecule has 120 valence electrons. The number of ether oxygens (including phenoxy) is 1. The van der Waals surface area contributed by atoms with Gasteiger partial charge in [-0.05, 0) is 13.0 Å². The van der Waals surface area contributed by atoms with Gasteiger partial charge in [0.2, 0.25) is 11.8 Å². The van der Waals surface area contributed by atoms with Crippen molar-refractivity contribution in [2.24, 2.45) is 0 Å². The Kier molecular flexibility index (Phi) is 4.60. The molecule has 0 atom stereocenters. The van der Waals surface area contributed by atoms with Crippen LogP contribution in [0.5, 0.6) is 5.88 Å². The Labute approximate surface area is 134 Å². The van der Waals surface area contributed by atoms with Gasteiger partial charge in [-0.3, -0.25) is 4.79 Å². The lowest BCUT2D eigenvalue weighted by Gasteiger charge is -2.34. The quantitative estimate of drug-likeness (QED) is 0.802. The van der Waals surface area contributed by atoms with E-state index in [1.807, 2.05) is 6.92 Å². The van der Waals surface area contributed by atoms with Crippen LogP contribution in [0.25, 0.3) is 0 Å². The second-order valence-electron chi connectivity index (χ2n) is 5.20. The largest absolute Gasteiger partial charge is 0.467 e. The highest BCUT2D eigenvalue weighted by Crippen LogP contribution is 2.10. The van der Waals surface area contributed by atoms with Crippen molar-refractivity contribution in [1.82, 2.24) is 24.8 Å². The molecule has 8 nitrogen and oxygen atoms in total. The number of rotatable bonds is 4. The second-order valence-corrected chi connectivity index (χ2v) is 5.20. The molecule has 0 aromatic carbocycles. The number of anilines is 1. The Hall–Kier alpha value is -2.77. The molecule has 0 N–H and O–H groups in total. The van der Waals surface area contributed by atoms with Gasteiger partial charge in [0, 0.05) is 50.3 Å². The molecule has 0 aliphatic carbocycles. The lowest BCUT2D eigenvalue weighted by Crippen LogP contribution is -2.50. The van der Waals surface area contributed by atoms with Gasteiger partial charge in [-0.15, -0.1) is 0 Å². The van der Waals surface area contributed by atoms with Crippen molar-refractivity contribution in [2.45, 2.75) is 6.92 Å². The zero-order chi connectivity index (χ0) is 16.1. The molecule has 1 saturated heterocycles. The SMILES string of the molecule is Cc1cc(OCC(=O)N2CCN(c3ncccn3)CC2)ncn1.